The predicted molar refractivity (Wildman–Crippen MR) is 70.3 cm³/mol. The van der Waals surface area contributed by atoms with Crippen LogP contribution in [-0.2, 0) is 9.47 Å². The van der Waals surface area contributed by atoms with Crippen LogP contribution in [0.25, 0.3) is 0 Å². The zero-order valence-electron chi connectivity index (χ0n) is 11.6. The number of hydrogen-bond donors (Lipinski definition) is 0. The molecule has 1 saturated heterocycles. The van der Waals surface area contributed by atoms with E-state index in [-0.39, 0.29) is 12.3 Å². The van der Waals surface area contributed by atoms with E-state index in [1.807, 2.05) is 0 Å². The highest BCUT2D eigenvalue weighted by molar-refractivity contribution is 5.70. The van der Waals surface area contributed by atoms with Crippen molar-refractivity contribution in [2.45, 2.75) is 44.8 Å². The Balaban J connectivity index is 1.77. The van der Waals surface area contributed by atoms with E-state index in [2.05, 4.69) is 4.90 Å². The molecule has 0 N–H and O–H groups in total. The highest BCUT2D eigenvalue weighted by atomic mass is 16.5. The molecular formula is C14H22N2O3. The first kappa shape index (κ1) is 12.9. The minimum absolute atomic E-state index is 0.163. The Hall–Kier alpha value is -1.07. The standard InChI is InChI=1S/C14H22N2O3/c1-18-14(17)16-10-15(13-7-2-3-8-19-13)9-11-5-4-6-12(11)16/h13H,2-10H2,1H3. The molecule has 19 heavy (non-hydrogen) atoms. The summed E-state index contributed by atoms with van der Waals surface area (Å²) in [7, 11) is 1.45. The van der Waals surface area contributed by atoms with E-state index in [1.165, 1.54) is 24.8 Å². The van der Waals surface area contributed by atoms with Gasteiger partial charge in [-0.25, -0.2) is 4.79 Å². The van der Waals surface area contributed by atoms with Crippen molar-refractivity contribution in [3.63, 3.8) is 0 Å². The fraction of sp³-hybridized carbons (Fsp3) is 0.786. The first-order chi connectivity index (χ1) is 9.29. The van der Waals surface area contributed by atoms with Gasteiger partial charge in [0.15, 0.2) is 0 Å². The highest BCUT2D eigenvalue weighted by Gasteiger charge is 2.35. The predicted octanol–water partition coefficient (Wildman–Crippen LogP) is 2.29. The molecule has 0 aromatic rings. The summed E-state index contributed by atoms with van der Waals surface area (Å²) < 4.78 is 10.8. The molecule has 3 rings (SSSR count). The summed E-state index contributed by atoms with van der Waals surface area (Å²) in [6, 6.07) is 0. The SMILES string of the molecule is COC(=O)N1CN(C2CCCCO2)CC2=C1CCC2. The van der Waals surface area contributed by atoms with Crippen molar-refractivity contribution in [3.8, 4) is 0 Å². The minimum atomic E-state index is -0.241. The van der Waals surface area contributed by atoms with Gasteiger partial charge >= 0.3 is 6.09 Å². The summed E-state index contributed by atoms with van der Waals surface area (Å²) >= 11 is 0. The van der Waals surface area contributed by atoms with E-state index < -0.39 is 0 Å². The van der Waals surface area contributed by atoms with Crippen molar-refractivity contribution in [3.05, 3.63) is 11.3 Å². The molecule has 5 heteroatoms. The molecular weight excluding hydrogens is 244 g/mol. The molecule has 0 spiro atoms. The van der Waals surface area contributed by atoms with E-state index in [9.17, 15) is 4.79 Å². The van der Waals surface area contributed by atoms with Gasteiger partial charge in [0.1, 0.15) is 6.23 Å². The second-order valence-corrected chi connectivity index (χ2v) is 5.51. The van der Waals surface area contributed by atoms with Gasteiger partial charge in [0, 0.05) is 18.8 Å². The van der Waals surface area contributed by atoms with Crippen LogP contribution in [0.4, 0.5) is 4.79 Å². The largest absolute Gasteiger partial charge is 0.452 e. The summed E-state index contributed by atoms with van der Waals surface area (Å²) in [6.45, 7) is 2.40. The Morgan fingerprint density at radius 1 is 1.32 bits per heavy atom. The molecule has 0 aromatic carbocycles. The van der Waals surface area contributed by atoms with Crippen molar-refractivity contribution in [1.82, 2.24) is 9.80 Å². The number of hydrogen-bond acceptors (Lipinski definition) is 4. The molecule has 0 saturated carbocycles. The van der Waals surface area contributed by atoms with Gasteiger partial charge in [-0.3, -0.25) is 9.80 Å². The summed E-state index contributed by atoms with van der Waals surface area (Å²) in [5.74, 6) is 0. The smallest absolute Gasteiger partial charge is 0.414 e. The van der Waals surface area contributed by atoms with Crippen molar-refractivity contribution in [2.24, 2.45) is 0 Å². The number of allylic oxidation sites excluding steroid dienone is 1. The Bertz CT molecular complexity index is 388. The Kier molecular flexibility index (Phi) is 3.75. The molecule has 1 atom stereocenters. The molecule has 0 radical (unpaired) electrons. The summed E-state index contributed by atoms with van der Waals surface area (Å²) in [4.78, 5) is 16.0. The number of carbonyl (C=O) groups excluding carboxylic acids is 1. The average molecular weight is 266 g/mol. The lowest BCUT2D eigenvalue weighted by Crippen LogP contribution is -2.51. The van der Waals surface area contributed by atoms with Crippen molar-refractivity contribution < 1.29 is 14.3 Å². The van der Waals surface area contributed by atoms with Gasteiger partial charge in [0.05, 0.1) is 13.8 Å². The van der Waals surface area contributed by atoms with Gasteiger partial charge < -0.3 is 9.47 Å². The molecule has 0 bridgehead atoms. The van der Waals surface area contributed by atoms with E-state index in [1.54, 1.807) is 4.90 Å². The molecule has 2 heterocycles. The average Bonchev–Trinajstić information content (AvgIpc) is 2.94. The topological polar surface area (TPSA) is 42.0 Å². The third-order valence-corrected chi connectivity index (χ3v) is 4.30. The fourth-order valence-electron chi connectivity index (χ4n) is 3.33. The van der Waals surface area contributed by atoms with Crippen LogP contribution in [0.1, 0.15) is 38.5 Å². The van der Waals surface area contributed by atoms with Gasteiger partial charge in [-0.1, -0.05) is 0 Å². The fourth-order valence-corrected chi connectivity index (χ4v) is 3.33. The van der Waals surface area contributed by atoms with Crippen LogP contribution >= 0.6 is 0 Å². The van der Waals surface area contributed by atoms with E-state index in [4.69, 9.17) is 9.47 Å². The quantitative estimate of drug-likeness (QED) is 0.730. The van der Waals surface area contributed by atoms with E-state index in [0.29, 0.717) is 6.67 Å². The van der Waals surface area contributed by atoms with E-state index >= 15 is 0 Å². The lowest BCUT2D eigenvalue weighted by atomic mass is 10.1. The van der Waals surface area contributed by atoms with Crippen LogP contribution in [0.3, 0.4) is 0 Å². The van der Waals surface area contributed by atoms with Gasteiger partial charge in [-0.2, -0.15) is 0 Å². The summed E-state index contributed by atoms with van der Waals surface area (Å²) in [5, 5.41) is 0. The highest BCUT2D eigenvalue weighted by Crippen LogP contribution is 2.34. The maximum Gasteiger partial charge on any atom is 0.414 e. The Labute approximate surface area is 114 Å². The van der Waals surface area contributed by atoms with Gasteiger partial charge in [0.25, 0.3) is 0 Å². The lowest BCUT2D eigenvalue weighted by Gasteiger charge is -2.41. The molecule has 1 aliphatic carbocycles. The maximum atomic E-state index is 11.9. The first-order valence-corrected chi connectivity index (χ1v) is 7.21. The Morgan fingerprint density at radius 2 is 2.21 bits per heavy atom. The van der Waals surface area contributed by atoms with Crippen LogP contribution < -0.4 is 0 Å². The zero-order valence-corrected chi connectivity index (χ0v) is 11.6. The number of rotatable bonds is 1. The molecule has 3 aliphatic rings. The molecule has 106 valence electrons. The normalized spacial score (nSPS) is 28.5. The second-order valence-electron chi connectivity index (χ2n) is 5.51. The van der Waals surface area contributed by atoms with Crippen LogP contribution in [0.2, 0.25) is 0 Å². The number of amides is 1. The van der Waals surface area contributed by atoms with Crippen molar-refractivity contribution >= 4 is 6.09 Å². The van der Waals surface area contributed by atoms with Crippen LogP contribution in [0, 0.1) is 0 Å². The Morgan fingerprint density at radius 3 is 2.95 bits per heavy atom. The van der Waals surface area contributed by atoms with Crippen LogP contribution in [-0.4, -0.2) is 49.1 Å². The molecule has 1 unspecified atom stereocenters. The third kappa shape index (κ3) is 2.49. The van der Waals surface area contributed by atoms with Gasteiger partial charge in [-0.15, -0.1) is 0 Å². The maximum absolute atomic E-state index is 11.9. The summed E-state index contributed by atoms with van der Waals surface area (Å²) in [6.07, 6.45) is 6.61. The van der Waals surface area contributed by atoms with Gasteiger partial charge in [0.2, 0.25) is 0 Å². The number of nitrogens with zero attached hydrogens (tertiary/aromatic N) is 2. The van der Waals surface area contributed by atoms with Crippen LogP contribution in [0.5, 0.6) is 0 Å². The van der Waals surface area contributed by atoms with Crippen molar-refractivity contribution in [2.75, 3.05) is 26.9 Å². The van der Waals surface area contributed by atoms with E-state index in [0.717, 1.165) is 45.3 Å². The molecule has 1 fully saturated rings. The molecule has 1 amide bonds. The third-order valence-electron chi connectivity index (χ3n) is 4.30. The van der Waals surface area contributed by atoms with Crippen LogP contribution in [0.15, 0.2) is 11.3 Å². The molecule has 2 aliphatic heterocycles. The first-order valence-electron chi connectivity index (χ1n) is 7.21. The van der Waals surface area contributed by atoms with Crippen molar-refractivity contribution in [1.29, 1.82) is 0 Å². The number of methoxy groups -OCH3 is 1. The minimum Gasteiger partial charge on any atom is -0.452 e. The number of carbonyl (C=O) groups is 1. The van der Waals surface area contributed by atoms with Gasteiger partial charge in [-0.05, 0) is 44.1 Å². The molecule has 5 nitrogen and oxygen atoms in total. The zero-order chi connectivity index (χ0) is 13.2. The lowest BCUT2D eigenvalue weighted by molar-refractivity contribution is -0.0980. The second kappa shape index (κ2) is 5.51. The summed E-state index contributed by atoms with van der Waals surface area (Å²) in [5.41, 5.74) is 2.59. The number of ether oxygens (including phenoxy) is 2. The molecule has 0 aromatic heterocycles. The monoisotopic (exact) mass is 266 g/mol.